The number of nitrogens with one attached hydrogen (secondary N) is 1. The van der Waals surface area contributed by atoms with E-state index in [-0.39, 0.29) is 0 Å². The molecule has 0 aromatic carbocycles. The Bertz CT molecular complexity index is 145. The first-order valence-electron chi connectivity index (χ1n) is 6.20. The molecule has 2 rings (SSSR count). The topological polar surface area (TPSA) is 15.3 Å². The quantitative estimate of drug-likeness (QED) is 0.641. The number of hydrogen-bond donors (Lipinski definition) is 1. The van der Waals surface area contributed by atoms with Gasteiger partial charge in [0.2, 0.25) is 0 Å². The minimum Gasteiger partial charge on any atom is -0.316 e. The fourth-order valence-electron chi connectivity index (χ4n) is 2.83. The lowest BCUT2D eigenvalue weighted by molar-refractivity contribution is 0.0810. The lowest BCUT2D eigenvalue weighted by Crippen LogP contribution is -2.49. The van der Waals surface area contributed by atoms with Crippen molar-refractivity contribution >= 4 is 0 Å². The molecule has 0 aromatic rings. The van der Waals surface area contributed by atoms with E-state index in [9.17, 15) is 0 Å². The Morgan fingerprint density at radius 1 is 1.14 bits per heavy atom. The van der Waals surface area contributed by atoms with E-state index in [1.807, 2.05) is 13.8 Å². The van der Waals surface area contributed by atoms with E-state index in [1.165, 1.54) is 51.9 Å². The number of piperidine rings is 2. The average molecular weight is 198 g/mol. The van der Waals surface area contributed by atoms with Crippen molar-refractivity contribution in [2.24, 2.45) is 5.41 Å². The molecule has 1 N–H and O–H groups in total. The van der Waals surface area contributed by atoms with E-state index >= 15 is 0 Å². The predicted octanol–water partition coefficient (Wildman–Crippen LogP) is 2.11. The van der Waals surface area contributed by atoms with Crippen molar-refractivity contribution in [2.45, 2.75) is 39.5 Å². The second kappa shape index (κ2) is 5.72. The third-order valence-electron chi connectivity index (χ3n) is 3.41. The largest absolute Gasteiger partial charge is 0.316 e. The molecule has 2 aliphatic rings. The first kappa shape index (κ1) is 12.0. The van der Waals surface area contributed by atoms with Crippen LogP contribution in [-0.2, 0) is 0 Å². The summed E-state index contributed by atoms with van der Waals surface area (Å²) in [6.45, 7) is 9.13. The van der Waals surface area contributed by atoms with Crippen LogP contribution in [0.5, 0.6) is 0 Å². The van der Waals surface area contributed by atoms with Crippen LogP contribution < -0.4 is 5.32 Å². The molecular formula is C12H26N2. The Labute approximate surface area is 89.1 Å². The van der Waals surface area contributed by atoms with Crippen molar-refractivity contribution in [1.82, 2.24) is 10.2 Å². The van der Waals surface area contributed by atoms with Crippen LogP contribution in [0.4, 0.5) is 0 Å². The van der Waals surface area contributed by atoms with Gasteiger partial charge in [-0.05, 0) is 51.2 Å². The van der Waals surface area contributed by atoms with Crippen molar-refractivity contribution in [2.75, 3.05) is 33.2 Å². The van der Waals surface area contributed by atoms with Crippen molar-refractivity contribution in [3.63, 3.8) is 0 Å². The normalized spacial score (nSPS) is 33.6. The third-order valence-corrected chi connectivity index (χ3v) is 3.41. The molecule has 2 fully saturated rings. The Balaban J connectivity index is 0.000000461. The van der Waals surface area contributed by atoms with Crippen molar-refractivity contribution in [3.05, 3.63) is 0 Å². The molecule has 0 saturated carbocycles. The molecular weight excluding hydrogens is 172 g/mol. The molecule has 2 heterocycles. The van der Waals surface area contributed by atoms with E-state index in [1.54, 1.807) is 0 Å². The monoisotopic (exact) mass is 198 g/mol. The first-order chi connectivity index (χ1) is 6.81. The number of rotatable bonds is 0. The molecule has 1 atom stereocenters. The van der Waals surface area contributed by atoms with Crippen LogP contribution in [0, 0.1) is 5.41 Å². The molecule has 2 aliphatic heterocycles. The second-order valence-electron chi connectivity index (χ2n) is 4.62. The van der Waals surface area contributed by atoms with Gasteiger partial charge in [0.1, 0.15) is 0 Å². The van der Waals surface area contributed by atoms with E-state index in [0.717, 1.165) is 0 Å². The fourth-order valence-corrected chi connectivity index (χ4v) is 2.83. The zero-order valence-corrected chi connectivity index (χ0v) is 10.1. The summed E-state index contributed by atoms with van der Waals surface area (Å²) in [6, 6.07) is 0. The lowest BCUT2D eigenvalue weighted by Gasteiger charge is -2.44. The highest BCUT2D eigenvalue weighted by atomic mass is 15.1. The van der Waals surface area contributed by atoms with Gasteiger partial charge in [0, 0.05) is 13.1 Å². The summed E-state index contributed by atoms with van der Waals surface area (Å²) in [7, 11) is 2.26. The highest BCUT2D eigenvalue weighted by Gasteiger charge is 2.34. The average Bonchev–Trinajstić information content (AvgIpc) is 2.21. The summed E-state index contributed by atoms with van der Waals surface area (Å²) >= 11 is 0. The van der Waals surface area contributed by atoms with Crippen LogP contribution in [0.25, 0.3) is 0 Å². The van der Waals surface area contributed by atoms with Crippen LogP contribution in [0.1, 0.15) is 39.5 Å². The lowest BCUT2D eigenvalue weighted by atomic mass is 9.74. The smallest absolute Gasteiger partial charge is 0.00471 e. The molecule has 0 amide bonds. The van der Waals surface area contributed by atoms with Crippen molar-refractivity contribution in [1.29, 1.82) is 0 Å². The minimum atomic E-state index is 0.644. The molecule has 1 spiro atoms. The summed E-state index contributed by atoms with van der Waals surface area (Å²) in [5.74, 6) is 0. The van der Waals surface area contributed by atoms with Gasteiger partial charge in [-0.2, -0.15) is 0 Å². The maximum absolute atomic E-state index is 3.54. The zero-order chi connectivity index (χ0) is 10.4. The van der Waals surface area contributed by atoms with Gasteiger partial charge in [-0.3, -0.25) is 0 Å². The number of nitrogens with zero attached hydrogens (tertiary/aromatic N) is 1. The summed E-state index contributed by atoms with van der Waals surface area (Å²) < 4.78 is 0. The maximum Gasteiger partial charge on any atom is 0.00471 e. The summed E-state index contributed by atoms with van der Waals surface area (Å²) in [5, 5.41) is 3.54. The molecule has 2 saturated heterocycles. The van der Waals surface area contributed by atoms with Gasteiger partial charge in [0.05, 0.1) is 0 Å². The van der Waals surface area contributed by atoms with Crippen LogP contribution >= 0.6 is 0 Å². The van der Waals surface area contributed by atoms with Crippen LogP contribution in [-0.4, -0.2) is 38.1 Å². The standard InChI is InChI=1S/C10H20N2.C2H6/c1-12-7-3-5-10(9-12)4-2-6-11-8-10;1-2/h11H,2-9H2,1H3;1-2H3. The molecule has 14 heavy (non-hydrogen) atoms. The van der Waals surface area contributed by atoms with E-state index in [0.29, 0.717) is 5.41 Å². The predicted molar refractivity (Wildman–Crippen MR) is 62.6 cm³/mol. The zero-order valence-electron chi connectivity index (χ0n) is 10.1. The molecule has 2 heteroatoms. The number of hydrogen-bond acceptors (Lipinski definition) is 2. The maximum atomic E-state index is 3.54. The molecule has 2 nitrogen and oxygen atoms in total. The number of likely N-dealkylation sites (tertiary alicyclic amines) is 1. The van der Waals surface area contributed by atoms with Crippen molar-refractivity contribution in [3.8, 4) is 0 Å². The van der Waals surface area contributed by atoms with E-state index in [4.69, 9.17) is 0 Å². The van der Waals surface area contributed by atoms with Gasteiger partial charge in [0.15, 0.2) is 0 Å². The Morgan fingerprint density at radius 2 is 1.86 bits per heavy atom. The highest BCUT2D eigenvalue weighted by Crippen LogP contribution is 2.35. The molecule has 0 aromatic heterocycles. The summed E-state index contributed by atoms with van der Waals surface area (Å²) in [5.41, 5.74) is 0.644. The Hall–Kier alpha value is -0.0800. The van der Waals surface area contributed by atoms with Gasteiger partial charge in [-0.15, -0.1) is 0 Å². The Kier molecular flexibility index (Phi) is 4.90. The Morgan fingerprint density at radius 3 is 2.43 bits per heavy atom. The summed E-state index contributed by atoms with van der Waals surface area (Å²) in [4.78, 5) is 2.50. The van der Waals surface area contributed by atoms with Gasteiger partial charge in [0.25, 0.3) is 0 Å². The van der Waals surface area contributed by atoms with Gasteiger partial charge >= 0.3 is 0 Å². The van der Waals surface area contributed by atoms with Crippen molar-refractivity contribution < 1.29 is 0 Å². The summed E-state index contributed by atoms with van der Waals surface area (Å²) in [6.07, 6.45) is 5.68. The van der Waals surface area contributed by atoms with Crippen LogP contribution in [0.2, 0.25) is 0 Å². The van der Waals surface area contributed by atoms with Crippen LogP contribution in [0.15, 0.2) is 0 Å². The molecule has 1 unspecified atom stereocenters. The molecule has 0 aliphatic carbocycles. The first-order valence-corrected chi connectivity index (χ1v) is 6.20. The van der Waals surface area contributed by atoms with E-state index in [2.05, 4.69) is 17.3 Å². The second-order valence-corrected chi connectivity index (χ2v) is 4.62. The molecule has 84 valence electrons. The fraction of sp³-hybridized carbons (Fsp3) is 1.00. The van der Waals surface area contributed by atoms with Gasteiger partial charge in [-0.25, -0.2) is 0 Å². The van der Waals surface area contributed by atoms with Gasteiger partial charge < -0.3 is 10.2 Å². The van der Waals surface area contributed by atoms with Crippen LogP contribution in [0.3, 0.4) is 0 Å². The molecule has 0 radical (unpaired) electrons. The van der Waals surface area contributed by atoms with E-state index < -0.39 is 0 Å². The SMILES string of the molecule is CC.CN1CCCC2(CCCNC2)C1. The third kappa shape index (κ3) is 2.96. The highest BCUT2D eigenvalue weighted by molar-refractivity contribution is 4.90. The van der Waals surface area contributed by atoms with Gasteiger partial charge in [-0.1, -0.05) is 13.8 Å². The minimum absolute atomic E-state index is 0.644. The molecule has 0 bridgehead atoms.